The van der Waals surface area contributed by atoms with E-state index in [1.165, 1.54) is 12.1 Å². The first kappa shape index (κ1) is 16.6. The molecular weight excluding hydrogens is 404 g/mol. The van der Waals surface area contributed by atoms with E-state index >= 15 is 0 Å². The lowest BCUT2D eigenvalue weighted by atomic mass is 9.98. The van der Waals surface area contributed by atoms with Crippen LogP contribution >= 0.6 is 31.9 Å². The number of rotatable bonds is 5. The van der Waals surface area contributed by atoms with Crippen LogP contribution in [0, 0.1) is 11.6 Å². The van der Waals surface area contributed by atoms with Crippen LogP contribution in [0.3, 0.4) is 0 Å². The van der Waals surface area contributed by atoms with Crippen LogP contribution in [0.25, 0.3) is 0 Å². The molecule has 0 bridgehead atoms. The van der Waals surface area contributed by atoms with Crippen molar-refractivity contribution in [2.24, 2.45) is 0 Å². The summed E-state index contributed by atoms with van der Waals surface area (Å²) in [5.74, 6) is -1.62. The van der Waals surface area contributed by atoms with Gasteiger partial charge in [0.2, 0.25) is 0 Å². The Hall–Kier alpha value is -0.780. The number of nitrogens with one attached hydrogen (secondary N) is 1. The topological polar surface area (TPSA) is 12.0 Å². The average molecular weight is 419 g/mol. The zero-order valence-electron chi connectivity index (χ0n) is 11.5. The Morgan fingerprint density at radius 3 is 2.24 bits per heavy atom. The maximum atomic E-state index is 13.3. The molecule has 0 saturated heterocycles. The van der Waals surface area contributed by atoms with E-state index in [4.69, 9.17) is 0 Å². The van der Waals surface area contributed by atoms with Gasteiger partial charge in [0.1, 0.15) is 0 Å². The van der Waals surface area contributed by atoms with E-state index in [9.17, 15) is 8.78 Å². The molecule has 0 aliphatic carbocycles. The number of halogens is 4. The van der Waals surface area contributed by atoms with E-state index in [0.29, 0.717) is 6.42 Å². The van der Waals surface area contributed by atoms with Crippen LogP contribution in [0.4, 0.5) is 8.78 Å². The van der Waals surface area contributed by atoms with E-state index in [1.54, 1.807) is 6.07 Å². The summed E-state index contributed by atoms with van der Waals surface area (Å²) in [6.45, 7) is 2.81. The molecule has 0 aliphatic rings. The van der Waals surface area contributed by atoms with Crippen LogP contribution < -0.4 is 5.32 Å². The van der Waals surface area contributed by atoms with Crippen molar-refractivity contribution in [2.45, 2.75) is 19.4 Å². The zero-order chi connectivity index (χ0) is 15.4. The molecule has 0 amide bonds. The Kier molecular flexibility index (Phi) is 5.90. The third-order valence-corrected chi connectivity index (χ3v) is 4.08. The molecule has 0 fully saturated rings. The summed E-state index contributed by atoms with van der Waals surface area (Å²) in [5, 5.41) is 3.38. The molecule has 2 aromatic carbocycles. The van der Waals surface area contributed by atoms with Gasteiger partial charge >= 0.3 is 0 Å². The van der Waals surface area contributed by atoms with Gasteiger partial charge in [0.15, 0.2) is 11.6 Å². The number of hydrogen-bond donors (Lipinski definition) is 1. The van der Waals surface area contributed by atoms with E-state index in [0.717, 1.165) is 26.6 Å². The first-order valence-electron chi connectivity index (χ1n) is 6.63. The van der Waals surface area contributed by atoms with Crippen molar-refractivity contribution < 1.29 is 8.78 Å². The minimum atomic E-state index is -0.816. The summed E-state index contributed by atoms with van der Waals surface area (Å²) in [6, 6.07) is 10.1. The molecule has 112 valence electrons. The van der Waals surface area contributed by atoms with Crippen molar-refractivity contribution in [1.29, 1.82) is 0 Å². The summed E-state index contributed by atoms with van der Waals surface area (Å²) in [4.78, 5) is 0. The Morgan fingerprint density at radius 1 is 1.00 bits per heavy atom. The predicted molar refractivity (Wildman–Crippen MR) is 88.3 cm³/mol. The molecule has 0 spiro atoms. The first-order valence-corrected chi connectivity index (χ1v) is 8.21. The monoisotopic (exact) mass is 417 g/mol. The maximum absolute atomic E-state index is 13.3. The van der Waals surface area contributed by atoms with Gasteiger partial charge in [0, 0.05) is 15.0 Å². The van der Waals surface area contributed by atoms with E-state index in [-0.39, 0.29) is 6.04 Å². The lowest BCUT2D eigenvalue weighted by Crippen LogP contribution is -2.23. The van der Waals surface area contributed by atoms with Crippen molar-refractivity contribution in [1.82, 2.24) is 5.32 Å². The molecule has 1 unspecified atom stereocenters. The summed E-state index contributed by atoms with van der Waals surface area (Å²) in [5.41, 5.74) is 1.85. The van der Waals surface area contributed by atoms with Gasteiger partial charge in [-0.1, -0.05) is 44.8 Å². The molecule has 0 aromatic heterocycles. The molecule has 0 heterocycles. The quantitative estimate of drug-likeness (QED) is 0.686. The minimum absolute atomic E-state index is 0.0358. The predicted octanol–water partition coefficient (Wildman–Crippen LogP) is 5.38. The number of hydrogen-bond acceptors (Lipinski definition) is 1. The molecular formula is C16H15Br2F2N. The molecule has 5 heteroatoms. The molecule has 1 N–H and O–H groups in total. The van der Waals surface area contributed by atoms with Crippen LogP contribution in [-0.2, 0) is 6.42 Å². The molecule has 1 nitrogen and oxygen atoms in total. The van der Waals surface area contributed by atoms with Gasteiger partial charge in [0.25, 0.3) is 0 Å². The molecule has 2 aromatic rings. The third-order valence-electron chi connectivity index (χ3n) is 3.16. The van der Waals surface area contributed by atoms with Gasteiger partial charge in [-0.05, 0) is 54.4 Å². The fourth-order valence-corrected chi connectivity index (χ4v) is 3.56. The van der Waals surface area contributed by atoms with Crippen LogP contribution in [0.1, 0.15) is 24.1 Å². The van der Waals surface area contributed by atoms with Crippen LogP contribution in [0.5, 0.6) is 0 Å². The van der Waals surface area contributed by atoms with Crippen molar-refractivity contribution in [3.63, 3.8) is 0 Å². The third kappa shape index (κ3) is 4.59. The molecule has 0 saturated carbocycles. The average Bonchev–Trinajstić information content (AvgIpc) is 2.41. The molecule has 2 rings (SSSR count). The standard InChI is InChI=1S/C16H15Br2F2N/c1-2-21-16(11-7-12(17)9-13(18)8-11)6-10-3-4-14(19)15(20)5-10/h3-5,7-9,16,21H,2,6H2,1H3. The first-order chi connectivity index (χ1) is 9.99. The second-order valence-electron chi connectivity index (χ2n) is 4.77. The van der Waals surface area contributed by atoms with E-state index in [2.05, 4.69) is 37.2 Å². The Bertz CT molecular complexity index is 611. The zero-order valence-corrected chi connectivity index (χ0v) is 14.6. The summed E-state index contributed by atoms with van der Waals surface area (Å²) < 4.78 is 28.3. The summed E-state index contributed by atoms with van der Waals surface area (Å²) in [7, 11) is 0. The largest absolute Gasteiger partial charge is 0.310 e. The second kappa shape index (κ2) is 7.47. The van der Waals surface area contributed by atoms with Crippen molar-refractivity contribution in [3.05, 3.63) is 68.1 Å². The van der Waals surface area contributed by atoms with Crippen molar-refractivity contribution >= 4 is 31.9 Å². The van der Waals surface area contributed by atoms with Crippen molar-refractivity contribution in [3.8, 4) is 0 Å². The molecule has 1 atom stereocenters. The molecule has 21 heavy (non-hydrogen) atoms. The fraction of sp³-hybridized carbons (Fsp3) is 0.250. The fourth-order valence-electron chi connectivity index (χ4n) is 2.23. The highest BCUT2D eigenvalue weighted by atomic mass is 79.9. The van der Waals surface area contributed by atoms with Gasteiger partial charge in [-0.2, -0.15) is 0 Å². The molecule has 0 aliphatic heterocycles. The van der Waals surface area contributed by atoms with Crippen LogP contribution in [-0.4, -0.2) is 6.54 Å². The van der Waals surface area contributed by atoms with Gasteiger partial charge in [-0.3, -0.25) is 0 Å². The van der Waals surface area contributed by atoms with Gasteiger partial charge in [-0.15, -0.1) is 0 Å². The van der Waals surface area contributed by atoms with Crippen molar-refractivity contribution in [2.75, 3.05) is 6.54 Å². The van der Waals surface area contributed by atoms with Crippen LogP contribution in [0.15, 0.2) is 45.3 Å². The highest BCUT2D eigenvalue weighted by Gasteiger charge is 2.14. The number of benzene rings is 2. The lowest BCUT2D eigenvalue weighted by Gasteiger charge is -2.19. The van der Waals surface area contributed by atoms with Gasteiger partial charge in [-0.25, -0.2) is 8.78 Å². The summed E-state index contributed by atoms with van der Waals surface area (Å²) >= 11 is 6.94. The van der Waals surface area contributed by atoms with Gasteiger partial charge in [0.05, 0.1) is 0 Å². The normalized spacial score (nSPS) is 12.4. The highest BCUT2D eigenvalue weighted by Crippen LogP contribution is 2.26. The Morgan fingerprint density at radius 2 is 1.67 bits per heavy atom. The van der Waals surface area contributed by atoms with E-state index in [1.807, 2.05) is 25.1 Å². The van der Waals surface area contributed by atoms with Gasteiger partial charge < -0.3 is 5.32 Å². The smallest absolute Gasteiger partial charge is 0.159 e. The van der Waals surface area contributed by atoms with Crippen LogP contribution in [0.2, 0.25) is 0 Å². The Labute approximate surface area is 140 Å². The van der Waals surface area contributed by atoms with E-state index < -0.39 is 11.6 Å². The molecule has 0 radical (unpaired) electrons. The second-order valence-corrected chi connectivity index (χ2v) is 6.60. The number of likely N-dealkylation sites (N-methyl/N-ethyl adjacent to an activating group) is 1. The lowest BCUT2D eigenvalue weighted by molar-refractivity contribution is 0.502. The highest BCUT2D eigenvalue weighted by molar-refractivity contribution is 9.11. The Balaban J connectivity index is 2.27. The SMILES string of the molecule is CCNC(Cc1ccc(F)c(F)c1)c1cc(Br)cc(Br)c1. The maximum Gasteiger partial charge on any atom is 0.159 e. The minimum Gasteiger partial charge on any atom is -0.310 e. The summed E-state index contributed by atoms with van der Waals surface area (Å²) in [6.07, 6.45) is 0.591.